The van der Waals surface area contributed by atoms with Crippen LogP contribution < -0.4 is 15.1 Å². The Morgan fingerprint density at radius 2 is 1.87 bits per heavy atom. The van der Waals surface area contributed by atoms with Crippen LogP contribution in [-0.2, 0) is 4.79 Å². The number of carbonyl (C=O) groups excluding carboxylic acids is 1. The number of anilines is 2. The Morgan fingerprint density at radius 1 is 1.13 bits per heavy atom. The molecular formula is C24H28N4O2S. The standard InChI is InChI=1S/C24H28N4O2S/c1-16-11-17(2)13-19(12-16)27-9-10-28(22(15-27)24(29)31-4)26-21-14-18-7-5-6-8-20(18)25-23(21)30-3/h5-8,11-14,22,26H,9-10,15H2,1-4H3. The van der Waals surface area contributed by atoms with Crippen LogP contribution in [0.2, 0.25) is 0 Å². The molecule has 1 aromatic heterocycles. The molecule has 31 heavy (non-hydrogen) atoms. The first-order valence-corrected chi connectivity index (χ1v) is 11.6. The number of methoxy groups -OCH3 is 1. The maximum absolute atomic E-state index is 12.9. The predicted octanol–water partition coefficient (Wildman–Crippen LogP) is 4.27. The van der Waals surface area contributed by atoms with Gasteiger partial charge in [0.05, 0.1) is 12.6 Å². The van der Waals surface area contributed by atoms with Gasteiger partial charge in [-0.15, -0.1) is 0 Å². The summed E-state index contributed by atoms with van der Waals surface area (Å²) in [5.41, 5.74) is 8.71. The molecule has 1 N–H and O–H groups in total. The smallest absolute Gasteiger partial charge is 0.239 e. The fourth-order valence-corrected chi connectivity index (χ4v) is 4.58. The van der Waals surface area contributed by atoms with Gasteiger partial charge in [-0.2, -0.15) is 0 Å². The molecule has 162 valence electrons. The number of thioether (sulfide) groups is 1. The molecule has 7 heteroatoms. The number of para-hydroxylation sites is 1. The van der Waals surface area contributed by atoms with Crippen LogP contribution in [0.1, 0.15) is 11.1 Å². The number of fused-ring (bicyclic) bond motifs is 1. The van der Waals surface area contributed by atoms with Crippen LogP contribution in [0, 0.1) is 13.8 Å². The number of hydrogen-bond donors (Lipinski definition) is 1. The lowest BCUT2D eigenvalue weighted by Gasteiger charge is -2.41. The number of nitrogens with zero attached hydrogens (tertiary/aromatic N) is 3. The van der Waals surface area contributed by atoms with Crippen LogP contribution in [0.25, 0.3) is 10.9 Å². The summed E-state index contributed by atoms with van der Waals surface area (Å²) < 4.78 is 5.53. The lowest BCUT2D eigenvalue weighted by atomic mass is 10.1. The van der Waals surface area contributed by atoms with E-state index < -0.39 is 0 Å². The second-order valence-electron chi connectivity index (χ2n) is 7.87. The summed E-state index contributed by atoms with van der Waals surface area (Å²) in [5.74, 6) is 0.519. The zero-order valence-corrected chi connectivity index (χ0v) is 19.2. The number of hydrazine groups is 1. The zero-order valence-electron chi connectivity index (χ0n) is 18.4. The van der Waals surface area contributed by atoms with E-state index in [1.165, 1.54) is 28.6 Å². The van der Waals surface area contributed by atoms with Gasteiger partial charge in [0.25, 0.3) is 0 Å². The van der Waals surface area contributed by atoms with Crippen molar-refractivity contribution in [2.75, 3.05) is 43.3 Å². The minimum Gasteiger partial charge on any atom is -0.479 e. The Labute approximate surface area is 187 Å². The van der Waals surface area contributed by atoms with Gasteiger partial charge in [0.1, 0.15) is 11.7 Å². The van der Waals surface area contributed by atoms with Crippen LogP contribution in [0.3, 0.4) is 0 Å². The van der Waals surface area contributed by atoms with E-state index in [4.69, 9.17) is 4.74 Å². The van der Waals surface area contributed by atoms with Gasteiger partial charge >= 0.3 is 0 Å². The van der Waals surface area contributed by atoms with Gasteiger partial charge < -0.3 is 15.1 Å². The van der Waals surface area contributed by atoms with Gasteiger partial charge in [-0.25, -0.2) is 9.99 Å². The van der Waals surface area contributed by atoms with Gasteiger partial charge in [0, 0.05) is 30.7 Å². The van der Waals surface area contributed by atoms with Gasteiger partial charge in [-0.3, -0.25) is 4.79 Å². The quantitative estimate of drug-likeness (QED) is 0.641. The molecule has 1 fully saturated rings. The lowest BCUT2D eigenvalue weighted by molar-refractivity contribution is -0.115. The van der Waals surface area contributed by atoms with E-state index in [9.17, 15) is 4.79 Å². The number of hydrogen-bond acceptors (Lipinski definition) is 7. The number of aromatic nitrogens is 1. The summed E-state index contributed by atoms with van der Waals surface area (Å²) in [5, 5.41) is 3.17. The minimum atomic E-state index is -0.291. The van der Waals surface area contributed by atoms with Gasteiger partial charge in [0.15, 0.2) is 0 Å². The second kappa shape index (κ2) is 9.16. The van der Waals surface area contributed by atoms with Crippen LogP contribution in [0.15, 0.2) is 48.5 Å². The average molecular weight is 437 g/mol. The summed E-state index contributed by atoms with van der Waals surface area (Å²) in [6.07, 6.45) is 1.84. The first-order chi connectivity index (χ1) is 15.0. The molecule has 4 rings (SSSR count). The average Bonchev–Trinajstić information content (AvgIpc) is 2.77. The molecule has 6 nitrogen and oxygen atoms in total. The third kappa shape index (κ3) is 4.62. The first kappa shape index (κ1) is 21.5. The molecule has 2 aromatic carbocycles. The number of pyridine rings is 1. The fourth-order valence-electron chi connectivity index (χ4n) is 4.11. The number of aryl methyl sites for hydroxylation is 2. The summed E-state index contributed by atoms with van der Waals surface area (Å²) in [7, 11) is 1.62. The third-order valence-electron chi connectivity index (χ3n) is 5.57. The lowest BCUT2D eigenvalue weighted by Crippen LogP contribution is -2.58. The topological polar surface area (TPSA) is 57.7 Å². The molecule has 0 saturated carbocycles. The van der Waals surface area contributed by atoms with Crippen molar-refractivity contribution in [3.05, 3.63) is 59.7 Å². The third-order valence-corrected chi connectivity index (χ3v) is 6.25. The van der Waals surface area contributed by atoms with E-state index in [0.29, 0.717) is 19.0 Å². The first-order valence-electron chi connectivity index (χ1n) is 10.4. The number of rotatable bonds is 5. The molecule has 2 heterocycles. The second-order valence-corrected chi connectivity index (χ2v) is 8.68. The Kier molecular flexibility index (Phi) is 6.34. The number of piperazine rings is 1. The van der Waals surface area contributed by atoms with Crippen molar-refractivity contribution in [2.45, 2.75) is 19.9 Å². The Bertz CT molecular complexity index is 1080. The van der Waals surface area contributed by atoms with E-state index >= 15 is 0 Å². The van der Waals surface area contributed by atoms with E-state index in [-0.39, 0.29) is 11.2 Å². The highest BCUT2D eigenvalue weighted by Gasteiger charge is 2.33. The molecule has 0 aliphatic carbocycles. The van der Waals surface area contributed by atoms with Crippen LogP contribution in [0.5, 0.6) is 5.88 Å². The largest absolute Gasteiger partial charge is 0.479 e. The fraction of sp³-hybridized carbons (Fsp3) is 0.333. The summed E-state index contributed by atoms with van der Waals surface area (Å²) in [6, 6.07) is 16.2. The molecule has 1 aliphatic heterocycles. The Morgan fingerprint density at radius 3 is 2.58 bits per heavy atom. The summed E-state index contributed by atoms with van der Waals surface area (Å²) in [6.45, 7) is 6.35. The zero-order chi connectivity index (χ0) is 22.0. The van der Waals surface area contributed by atoms with Crippen LogP contribution in [0.4, 0.5) is 11.4 Å². The van der Waals surface area contributed by atoms with E-state index in [1.54, 1.807) is 7.11 Å². The molecule has 0 spiro atoms. The van der Waals surface area contributed by atoms with Crippen molar-refractivity contribution in [3.8, 4) is 5.88 Å². The normalized spacial score (nSPS) is 17.0. The van der Waals surface area contributed by atoms with Crippen LogP contribution >= 0.6 is 11.8 Å². The molecular weight excluding hydrogens is 408 g/mol. The van der Waals surface area contributed by atoms with Crippen LogP contribution in [-0.4, -0.2) is 54.1 Å². The molecule has 0 amide bonds. The maximum Gasteiger partial charge on any atom is 0.239 e. The molecule has 0 radical (unpaired) electrons. The predicted molar refractivity (Wildman–Crippen MR) is 129 cm³/mol. The number of ether oxygens (including phenoxy) is 1. The number of carbonyl (C=O) groups is 1. The molecule has 1 unspecified atom stereocenters. The minimum absolute atomic E-state index is 0.134. The summed E-state index contributed by atoms with van der Waals surface area (Å²) >= 11 is 1.27. The Hall–Kier alpha value is -2.77. The molecule has 0 bridgehead atoms. The van der Waals surface area contributed by atoms with Gasteiger partial charge in [-0.1, -0.05) is 36.0 Å². The Balaban J connectivity index is 1.61. The molecule has 1 saturated heterocycles. The van der Waals surface area contributed by atoms with Crippen molar-refractivity contribution >= 4 is 39.2 Å². The molecule has 3 aromatic rings. The highest BCUT2D eigenvalue weighted by molar-refractivity contribution is 8.13. The molecule has 1 aliphatic rings. The maximum atomic E-state index is 12.9. The van der Waals surface area contributed by atoms with Gasteiger partial charge in [-0.05, 0) is 55.5 Å². The van der Waals surface area contributed by atoms with Crippen molar-refractivity contribution in [1.29, 1.82) is 0 Å². The number of nitrogens with one attached hydrogen (secondary N) is 1. The molecule has 1 atom stereocenters. The van der Waals surface area contributed by atoms with Crippen molar-refractivity contribution < 1.29 is 9.53 Å². The van der Waals surface area contributed by atoms with Gasteiger partial charge in [0.2, 0.25) is 11.0 Å². The van der Waals surface area contributed by atoms with E-state index in [2.05, 4.69) is 47.4 Å². The SMILES string of the molecule is COc1nc2ccccc2cc1NN1CCN(c2cc(C)cc(C)c2)CC1C(=O)SC. The highest BCUT2D eigenvalue weighted by atomic mass is 32.2. The van der Waals surface area contributed by atoms with E-state index in [1.807, 2.05) is 41.6 Å². The highest BCUT2D eigenvalue weighted by Crippen LogP contribution is 2.29. The number of benzene rings is 2. The monoisotopic (exact) mass is 436 g/mol. The van der Waals surface area contributed by atoms with Crippen molar-refractivity contribution in [3.63, 3.8) is 0 Å². The van der Waals surface area contributed by atoms with E-state index in [0.717, 1.165) is 23.1 Å². The van der Waals surface area contributed by atoms with Crippen molar-refractivity contribution in [2.24, 2.45) is 0 Å². The van der Waals surface area contributed by atoms with Crippen molar-refractivity contribution in [1.82, 2.24) is 9.99 Å². The summed E-state index contributed by atoms with van der Waals surface area (Å²) in [4.78, 5) is 19.8.